The zero-order valence-electron chi connectivity index (χ0n) is 21.9. The summed E-state index contributed by atoms with van der Waals surface area (Å²) in [6.45, 7) is 3.95. The van der Waals surface area contributed by atoms with Crippen molar-refractivity contribution >= 4 is 33.1 Å². The van der Waals surface area contributed by atoms with Gasteiger partial charge in [0, 0.05) is 16.9 Å². The molecule has 1 heterocycles. The molecule has 38 heavy (non-hydrogen) atoms. The van der Waals surface area contributed by atoms with Crippen molar-refractivity contribution in [3.8, 4) is 22.8 Å². The van der Waals surface area contributed by atoms with Gasteiger partial charge in [0.15, 0.2) is 5.13 Å². The highest BCUT2D eigenvalue weighted by molar-refractivity contribution is 7.14. The van der Waals surface area contributed by atoms with Crippen molar-refractivity contribution in [1.29, 1.82) is 0 Å². The predicted molar refractivity (Wildman–Crippen MR) is 155 cm³/mol. The summed E-state index contributed by atoms with van der Waals surface area (Å²) in [6, 6.07) is 30.2. The zero-order valence-corrected chi connectivity index (χ0v) is 22.7. The van der Waals surface area contributed by atoms with Gasteiger partial charge in [-0.05, 0) is 46.2 Å². The predicted octanol–water partition coefficient (Wildman–Crippen LogP) is 7.78. The molecule has 0 aliphatic heterocycles. The number of thiazole rings is 1. The average Bonchev–Trinajstić information content (AvgIpc) is 3.41. The fourth-order valence-corrected chi connectivity index (χ4v) is 5.62. The van der Waals surface area contributed by atoms with E-state index in [0.717, 1.165) is 44.7 Å². The monoisotopic (exact) mass is 522 g/mol. The van der Waals surface area contributed by atoms with Gasteiger partial charge in [0.1, 0.15) is 11.5 Å². The van der Waals surface area contributed by atoms with Crippen molar-refractivity contribution < 1.29 is 14.3 Å². The Bertz CT molecular complexity index is 1500. The number of rotatable bonds is 8. The second-order valence-corrected chi connectivity index (χ2v) is 10.6. The van der Waals surface area contributed by atoms with Crippen molar-refractivity contribution in [3.05, 3.63) is 108 Å². The Hall–Kier alpha value is -4.16. The molecule has 1 N–H and O–H groups in total. The maximum Gasteiger partial charge on any atom is 0.232 e. The van der Waals surface area contributed by atoms with Crippen LogP contribution in [-0.2, 0) is 4.79 Å². The van der Waals surface area contributed by atoms with Crippen LogP contribution >= 0.6 is 11.3 Å². The van der Waals surface area contributed by atoms with E-state index in [1.165, 1.54) is 11.3 Å². The van der Waals surface area contributed by atoms with Crippen LogP contribution in [0.3, 0.4) is 0 Å². The molecular formula is C32H30N2O3S. The molecule has 192 valence electrons. The van der Waals surface area contributed by atoms with E-state index in [1.54, 1.807) is 14.2 Å². The minimum Gasteiger partial charge on any atom is -0.497 e. The average molecular weight is 523 g/mol. The molecular weight excluding hydrogens is 492 g/mol. The van der Waals surface area contributed by atoms with Crippen LogP contribution in [0.2, 0.25) is 0 Å². The number of nitrogens with one attached hydrogen (secondary N) is 1. The lowest BCUT2D eigenvalue weighted by Gasteiger charge is -2.34. The number of nitrogens with zero attached hydrogens (tertiary/aromatic N) is 1. The van der Waals surface area contributed by atoms with Crippen LogP contribution in [-0.4, -0.2) is 25.1 Å². The molecule has 0 spiro atoms. The number of hydrogen-bond acceptors (Lipinski definition) is 5. The van der Waals surface area contributed by atoms with Crippen molar-refractivity contribution in [2.75, 3.05) is 19.5 Å². The van der Waals surface area contributed by atoms with E-state index in [4.69, 9.17) is 14.5 Å². The van der Waals surface area contributed by atoms with E-state index in [0.29, 0.717) is 5.13 Å². The number of amides is 1. The van der Waals surface area contributed by atoms with Crippen molar-refractivity contribution in [1.82, 2.24) is 4.98 Å². The lowest BCUT2D eigenvalue weighted by atomic mass is 9.70. The summed E-state index contributed by atoms with van der Waals surface area (Å²) in [5.41, 5.74) is 3.14. The maximum absolute atomic E-state index is 13.8. The Morgan fingerprint density at radius 3 is 2.00 bits per heavy atom. The quantitative estimate of drug-likeness (QED) is 0.226. The molecule has 0 aliphatic rings. The summed E-state index contributed by atoms with van der Waals surface area (Å²) in [5.74, 6) is 1.23. The van der Waals surface area contributed by atoms with Gasteiger partial charge in [0.2, 0.25) is 5.91 Å². The van der Waals surface area contributed by atoms with Gasteiger partial charge in [-0.3, -0.25) is 4.79 Å². The van der Waals surface area contributed by atoms with Crippen LogP contribution in [0.25, 0.3) is 22.0 Å². The highest BCUT2D eigenvalue weighted by Gasteiger charge is 2.39. The molecule has 0 saturated heterocycles. The van der Waals surface area contributed by atoms with E-state index < -0.39 is 5.41 Å². The molecule has 0 aliphatic carbocycles. The molecule has 0 unspecified atom stereocenters. The first kappa shape index (κ1) is 25.5. The van der Waals surface area contributed by atoms with Gasteiger partial charge < -0.3 is 14.8 Å². The highest BCUT2D eigenvalue weighted by atomic mass is 32.1. The van der Waals surface area contributed by atoms with Gasteiger partial charge in [-0.1, -0.05) is 80.6 Å². The Labute approximate surface area is 227 Å². The number of fused-ring (bicyclic) bond motifs is 1. The molecule has 0 atom stereocenters. The standard InChI is InChI=1S/C32H30N2O3S/c1-32(2,29(22-12-16-24(36-3)17-13-22)23-14-18-25(37-4)19-15-23)30(35)34-31-33-28(20-38-31)27-11-7-9-21-8-5-6-10-26(21)27/h5-20,29H,1-4H3,(H,33,34,35). The number of methoxy groups -OCH3 is 2. The molecule has 0 saturated carbocycles. The van der Waals surface area contributed by atoms with Gasteiger partial charge in [-0.15, -0.1) is 11.3 Å². The molecule has 1 aromatic heterocycles. The van der Waals surface area contributed by atoms with Gasteiger partial charge in [0.05, 0.1) is 25.3 Å². The number of ether oxygens (including phenoxy) is 2. The number of anilines is 1. The first-order valence-electron chi connectivity index (χ1n) is 12.4. The van der Waals surface area contributed by atoms with E-state index in [1.807, 2.05) is 86.0 Å². The molecule has 5 nitrogen and oxygen atoms in total. The molecule has 6 heteroatoms. The first-order chi connectivity index (χ1) is 18.4. The van der Waals surface area contributed by atoms with Crippen LogP contribution in [0.5, 0.6) is 11.5 Å². The van der Waals surface area contributed by atoms with Crippen molar-refractivity contribution in [2.24, 2.45) is 5.41 Å². The van der Waals surface area contributed by atoms with Gasteiger partial charge >= 0.3 is 0 Å². The summed E-state index contributed by atoms with van der Waals surface area (Å²) in [7, 11) is 3.29. The fraction of sp³-hybridized carbons (Fsp3) is 0.188. The maximum atomic E-state index is 13.8. The lowest BCUT2D eigenvalue weighted by Crippen LogP contribution is -2.37. The van der Waals surface area contributed by atoms with Gasteiger partial charge in [0.25, 0.3) is 0 Å². The minimum atomic E-state index is -0.797. The summed E-state index contributed by atoms with van der Waals surface area (Å²) >= 11 is 1.43. The first-order valence-corrected chi connectivity index (χ1v) is 13.3. The second-order valence-electron chi connectivity index (χ2n) is 9.72. The Morgan fingerprint density at radius 2 is 1.39 bits per heavy atom. The number of carbonyl (C=O) groups is 1. The van der Waals surface area contributed by atoms with Crippen LogP contribution < -0.4 is 14.8 Å². The number of carbonyl (C=O) groups excluding carboxylic acids is 1. The number of aromatic nitrogens is 1. The highest BCUT2D eigenvalue weighted by Crippen LogP contribution is 2.43. The minimum absolute atomic E-state index is 0.104. The normalized spacial score (nSPS) is 11.5. The third-order valence-electron chi connectivity index (χ3n) is 7.00. The van der Waals surface area contributed by atoms with Crippen LogP contribution in [0.4, 0.5) is 5.13 Å². The summed E-state index contributed by atoms with van der Waals surface area (Å²) in [4.78, 5) is 18.6. The largest absolute Gasteiger partial charge is 0.497 e. The summed E-state index contributed by atoms with van der Waals surface area (Å²) < 4.78 is 10.7. The smallest absolute Gasteiger partial charge is 0.232 e. The molecule has 5 rings (SSSR count). The van der Waals surface area contributed by atoms with E-state index in [-0.39, 0.29) is 11.8 Å². The van der Waals surface area contributed by atoms with Crippen molar-refractivity contribution in [2.45, 2.75) is 19.8 Å². The topological polar surface area (TPSA) is 60.5 Å². The molecule has 5 aromatic rings. The Morgan fingerprint density at radius 1 is 0.816 bits per heavy atom. The molecule has 1 amide bonds. The molecule has 4 aromatic carbocycles. The van der Waals surface area contributed by atoms with Gasteiger partial charge in [-0.25, -0.2) is 4.98 Å². The summed E-state index contributed by atoms with van der Waals surface area (Å²) in [6.07, 6.45) is 0. The van der Waals surface area contributed by atoms with E-state index >= 15 is 0 Å². The van der Waals surface area contributed by atoms with Crippen molar-refractivity contribution in [3.63, 3.8) is 0 Å². The van der Waals surface area contributed by atoms with Crippen LogP contribution in [0.1, 0.15) is 30.9 Å². The third-order valence-corrected chi connectivity index (χ3v) is 7.75. The van der Waals surface area contributed by atoms with Crippen LogP contribution in [0, 0.1) is 5.41 Å². The van der Waals surface area contributed by atoms with E-state index in [2.05, 4.69) is 29.6 Å². The lowest BCUT2D eigenvalue weighted by molar-refractivity contribution is -0.124. The second kappa shape index (κ2) is 10.7. The number of benzene rings is 4. The number of hydrogen-bond donors (Lipinski definition) is 1. The molecule has 0 fully saturated rings. The fourth-order valence-electron chi connectivity index (χ4n) is 4.91. The Kier molecular flexibility index (Phi) is 7.16. The Balaban J connectivity index is 1.46. The SMILES string of the molecule is COc1ccc(C(c2ccc(OC)cc2)C(C)(C)C(=O)Nc2nc(-c3cccc4ccccc34)cs2)cc1. The third kappa shape index (κ3) is 5.00. The molecule has 0 radical (unpaired) electrons. The summed E-state index contributed by atoms with van der Waals surface area (Å²) in [5, 5.41) is 7.97. The molecule has 0 bridgehead atoms. The van der Waals surface area contributed by atoms with Crippen LogP contribution in [0.15, 0.2) is 96.4 Å². The van der Waals surface area contributed by atoms with Gasteiger partial charge in [-0.2, -0.15) is 0 Å². The zero-order chi connectivity index (χ0) is 26.7. The van der Waals surface area contributed by atoms with E-state index in [9.17, 15) is 4.79 Å².